The number of imidazole rings is 1. The molecule has 2 amide bonds. The van der Waals surface area contributed by atoms with Gasteiger partial charge < -0.3 is 5.73 Å². The number of benzene rings is 2. The molecule has 0 spiro atoms. The minimum absolute atomic E-state index is 0.0904. The van der Waals surface area contributed by atoms with E-state index < -0.39 is 22.8 Å². The van der Waals surface area contributed by atoms with Gasteiger partial charge in [0.25, 0.3) is 0 Å². The highest BCUT2D eigenvalue weighted by Gasteiger charge is 2.34. The van der Waals surface area contributed by atoms with E-state index in [0.717, 1.165) is 17.0 Å². The van der Waals surface area contributed by atoms with Crippen LogP contribution < -0.4 is 10.6 Å². The molecule has 4 aromatic rings. The summed E-state index contributed by atoms with van der Waals surface area (Å²) in [5, 5.41) is -0.485. The van der Waals surface area contributed by atoms with Crippen LogP contribution in [0.25, 0.3) is 16.9 Å². The fourth-order valence-corrected chi connectivity index (χ4v) is 3.29. The molecule has 0 atom stereocenters. The number of para-hydroxylation sites is 2. The summed E-state index contributed by atoms with van der Waals surface area (Å²) in [7, 11) is 0. The Balaban J connectivity index is 1.92. The molecule has 152 valence electrons. The second-order valence-corrected chi connectivity index (χ2v) is 6.58. The van der Waals surface area contributed by atoms with Gasteiger partial charge in [-0.05, 0) is 30.3 Å². The third-order valence-electron chi connectivity index (χ3n) is 4.34. The average molecular weight is 433 g/mol. The van der Waals surface area contributed by atoms with Crippen molar-refractivity contribution >= 4 is 40.2 Å². The molecule has 2 aromatic carbocycles. The zero-order valence-electron chi connectivity index (χ0n) is 15.0. The van der Waals surface area contributed by atoms with Crippen LogP contribution in [-0.4, -0.2) is 25.6 Å². The average Bonchev–Trinajstić information content (AvgIpc) is 3.13. The van der Waals surface area contributed by atoms with Gasteiger partial charge in [-0.25, -0.2) is 19.7 Å². The smallest absolute Gasteiger partial charge is 0.351 e. The summed E-state index contributed by atoms with van der Waals surface area (Å²) >= 11 is 5.71. The molecular weight excluding hydrogens is 421 g/mol. The number of carbonyl (C=O) groups excluding carboxylic acids is 1. The van der Waals surface area contributed by atoms with Crippen LogP contribution in [0.2, 0.25) is 5.02 Å². The first-order valence-electron chi connectivity index (χ1n) is 8.46. The molecule has 0 aliphatic heterocycles. The van der Waals surface area contributed by atoms with Crippen LogP contribution in [0.15, 0.2) is 61.3 Å². The number of fused-ring (bicyclic) bond motifs is 1. The summed E-state index contributed by atoms with van der Waals surface area (Å²) in [6, 6.07) is 8.71. The van der Waals surface area contributed by atoms with Gasteiger partial charge in [0.1, 0.15) is 18.2 Å². The monoisotopic (exact) mass is 432 g/mol. The van der Waals surface area contributed by atoms with Gasteiger partial charge >= 0.3 is 12.2 Å². The summed E-state index contributed by atoms with van der Waals surface area (Å²) in [5.41, 5.74) is 6.03. The van der Waals surface area contributed by atoms with E-state index in [9.17, 15) is 18.0 Å². The molecule has 11 heteroatoms. The number of urea groups is 1. The van der Waals surface area contributed by atoms with E-state index >= 15 is 0 Å². The third-order valence-corrected chi connectivity index (χ3v) is 4.67. The largest absolute Gasteiger partial charge is 0.417 e. The highest BCUT2D eigenvalue weighted by atomic mass is 35.5. The number of anilines is 2. The van der Waals surface area contributed by atoms with Crippen molar-refractivity contribution in [3.8, 4) is 5.69 Å². The number of hydrogen-bond donors (Lipinski definition) is 1. The summed E-state index contributed by atoms with van der Waals surface area (Å²) in [6.45, 7) is 0. The molecule has 0 bridgehead atoms. The van der Waals surface area contributed by atoms with E-state index in [2.05, 4.69) is 15.0 Å². The van der Waals surface area contributed by atoms with Crippen molar-refractivity contribution < 1.29 is 18.0 Å². The van der Waals surface area contributed by atoms with E-state index in [1.807, 2.05) is 0 Å². The van der Waals surface area contributed by atoms with Crippen LogP contribution in [0.5, 0.6) is 0 Å². The maximum atomic E-state index is 13.3. The molecule has 0 radical (unpaired) electrons. The van der Waals surface area contributed by atoms with E-state index in [1.165, 1.54) is 24.9 Å². The zero-order chi connectivity index (χ0) is 21.5. The zero-order valence-corrected chi connectivity index (χ0v) is 15.8. The summed E-state index contributed by atoms with van der Waals surface area (Å²) in [6.07, 6.45) is -0.355. The van der Waals surface area contributed by atoms with Gasteiger partial charge in [-0.1, -0.05) is 23.7 Å². The Morgan fingerprint density at radius 3 is 2.63 bits per heavy atom. The minimum Gasteiger partial charge on any atom is -0.351 e. The Kier molecular flexibility index (Phi) is 4.78. The van der Waals surface area contributed by atoms with Gasteiger partial charge in [-0.2, -0.15) is 13.2 Å². The predicted molar refractivity (Wildman–Crippen MR) is 105 cm³/mol. The molecule has 4 rings (SSSR count). The number of alkyl halides is 3. The Morgan fingerprint density at radius 1 is 1.13 bits per heavy atom. The number of carbonyl (C=O) groups is 1. The van der Waals surface area contributed by atoms with Crippen LogP contribution in [0.4, 0.5) is 29.3 Å². The molecule has 0 aliphatic rings. The second-order valence-electron chi connectivity index (χ2n) is 6.17. The molecular formula is C19H12ClF3N6O. The van der Waals surface area contributed by atoms with Gasteiger partial charge in [0, 0.05) is 0 Å². The maximum absolute atomic E-state index is 13.3. The molecule has 0 unspecified atom stereocenters. The number of halogens is 4. The van der Waals surface area contributed by atoms with Crippen molar-refractivity contribution in [2.75, 3.05) is 4.90 Å². The lowest BCUT2D eigenvalue weighted by Gasteiger charge is -2.25. The van der Waals surface area contributed by atoms with Gasteiger partial charge in [0.2, 0.25) is 0 Å². The fourth-order valence-electron chi connectivity index (χ4n) is 3.06. The van der Waals surface area contributed by atoms with Crippen LogP contribution in [0.1, 0.15) is 5.56 Å². The summed E-state index contributed by atoms with van der Waals surface area (Å²) in [5.74, 6) is 0. The van der Waals surface area contributed by atoms with Crippen molar-refractivity contribution in [3.05, 3.63) is 71.9 Å². The normalized spacial score (nSPS) is 11.6. The van der Waals surface area contributed by atoms with Gasteiger partial charge in [-0.15, -0.1) is 0 Å². The van der Waals surface area contributed by atoms with Crippen molar-refractivity contribution in [1.29, 1.82) is 0 Å². The first-order valence-corrected chi connectivity index (χ1v) is 8.84. The predicted octanol–water partition coefficient (Wildman–Crippen LogP) is 4.70. The minimum atomic E-state index is -4.70. The second kappa shape index (κ2) is 7.30. The van der Waals surface area contributed by atoms with Crippen LogP contribution in [0.3, 0.4) is 0 Å². The van der Waals surface area contributed by atoms with Crippen LogP contribution >= 0.6 is 11.6 Å². The number of nitrogens with zero attached hydrogens (tertiary/aromatic N) is 5. The van der Waals surface area contributed by atoms with Crippen LogP contribution in [-0.2, 0) is 6.18 Å². The molecule has 2 heterocycles. The van der Waals surface area contributed by atoms with Gasteiger partial charge in [0.15, 0.2) is 5.65 Å². The van der Waals surface area contributed by atoms with E-state index in [4.69, 9.17) is 17.3 Å². The lowest BCUT2D eigenvalue weighted by molar-refractivity contribution is -0.137. The Morgan fingerprint density at radius 2 is 1.90 bits per heavy atom. The standard InChI is InChI=1S/C19H12ClF3N6O/c20-13-6-5-11(7-12(13)19(21,22)23)29(18(24)30)15-4-2-1-3-14(15)28-10-27-17-16(28)8-25-9-26-17/h1-10H,(H2,24,30). The topological polar surface area (TPSA) is 89.9 Å². The maximum Gasteiger partial charge on any atom is 0.417 e. The summed E-state index contributed by atoms with van der Waals surface area (Å²) < 4.78 is 41.6. The SMILES string of the molecule is NC(=O)N(c1ccc(Cl)c(C(F)(F)F)c1)c1ccccc1-n1cnc2ncncc21. The molecule has 30 heavy (non-hydrogen) atoms. The number of primary amides is 1. The first kappa shape index (κ1) is 19.6. The molecule has 0 saturated heterocycles. The lowest BCUT2D eigenvalue weighted by atomic mass is 10.1. The number of nitrogens with two attached hydrogens (primary N) is 1. The first-order chi connectivity index (χ1) is 14.3. The van der Waals surface area contributed by atoms with E-state index in [-0.39, 0.29) is 11.4 Å². The van der Waals surface area contributed by atoms with E-state index in [0.29, 0.717) is 16.9 Å². The number of amides is 2. The highest BCUT2D eigenvalue weighted by Crippen LogP contribution is 2.39. The van der Waals surface area contributed by atoms with Crippen molar-refractivity contribution in [2.45, 2.75) is 6.18 Å². The lowest BCUT2D eigenvalue weighted by Crippen LogP contribution is -2.32. The van der Waals surface area contributed by atoms with Gasteiger partial charge in [-0.3, -0.25) is 9.47 Å². The van der Waals surface area contributed by atoms with Gasteiger partial charge in [0.05, 0.1) is 33.8 Å². The molecule has 2 aromatic heterocycles. The molecule has 2 N–H and O–H groups in total. The molecule has 0 saturated carbocycles. The number of hydrogen-bond acceptors (Lipinski definition) is 4. The molecule has 0 aliphatic carbocycles. The number of rotatable bonds is 3. The van der Waals surface area contributed by atoms with Crippen molar-refractivity contribution in [3.63, 3.8) is 0 Å². The molecule has 7 nitrogen and oxygen atoms in total. The third kappa shape index (κ3) is 3.41. The Bertz CT molecular complexity index is 1260. The Labute approximate surface area is 172 Å². The van der Waals surface area contributed by atoms with E-state index in [1.54, 1.807) is 28.8 Å². The van der Waals surface area contributed by atoms with Crippen molar-refractivity contribution in [1.82, 2.24) is 19.5 Å². The fraction of sp³-hybridized carbons (Fsp3) is 0.0526. The summed E-state index contributed by atoms with van der Waals surface area (Å²) in [4.78, 5) is 25.5. The highest BCUT2D eigenvalue weighted by molar-refractivity contribution is 6.31. The quantitative estimate of drug-likeness (QED) is 0.508. The van der Waals surface area contributed by atoms with Crippen LogP contribution in [0, 0.1) is 0 Å². The Hall–Kier alpha value is -3.66. The number of aromatic nitrogens is 4. The molecule has 0 fully saturated rings. The van der Waals surface area contributed by atoms with Crippen molar-refractivity contribution in [2.24, 2.45) is 5.73 Å².